The molecule has 1 aliphatic carbocycles. The van der Waals surface area contributed by atoms with E-state index >= 15 is 0 Å². The minimum atomic E-state index is 0.140. The molecule has 0 aromatic heterocycles. The zero-order chi connectivity index (χ0) is 21.4. The maximum absolute atomic E-state index is 13.1. The molecule has 31 heavy (non-hydrogen) atoms. The zero-order valence-electron chi connectivity index (χ0n) is 18.3. The van der Waals surface area contributed by atoms with Crippen LogP contribution in [0.25, 0.3) is 0 Å². The SMILES string of the molecule is COc1ccc([C@H]2[C@@H]3CN(C(=O)c4ccc(C)c(NCNC5CCOC5)c4)C[C@@H]32)cc1. The monoisotopic (exact) mass is 421 g/mol. The third kappa shape index (κ3) is 4.14. The second-order valence-corrected chi connectivity index (χ2v) is 8.98. The van der Waals surface area contributed by atoms with Gasteiger partial charge in [0.15, 0.2) is 0 Å². The molecule has 2 heterocycles. The number of anilines is 1. The maximum Gasteiger partial charge on any atom is 0.253 e. The van der Waals surface area contributed by atoms with Crippen molar-refractivity contribution in [1.29, 1.82) is 0 Å². The number of nitrogens with zero attached hydrogens (tertiary/aromatic N) is 1. The van der Waals surface area contributed by atoms with E-state index in [1.165, 1.54) is 5.56 Å². The van der Waals surface area contributed by atoms with Gasteiger partial charge in [-0.1, -0.05) is 18.2 Å². The number of fused-ring (bicyclic) bond motifs is 1. The molecule has 3 fully saturated rings. The standard InChI is InChI=1S/C25H31N3O3/c1-16-3-4-18(11-23(16)27-15-26-19-9-10-31-14-19)25(29)28-12-21-22(13-28)24(21)17-5-7-20(30-2)8-6-17/h3-8,11,19,21-22,24,26-27H,9-10,12-15H2,1-2H3/t19?,21-,22+,24+. The molecular weight excluding hydrogens is 390 g/mol. The summed E-state index contributed by atoms with van der Waals surface area (Å²) >= 11 is 0. The van der Waals surface area contributed by atoms with Gasteiger partial charge in [0.25, 0.3) is 5.91 Å². The summed E-state index contributed by atoms with van der Waals surface area (Å²) < 4.78 is 10.7. The predicted octanol–water partition coefficient (Wildman–Crippen LogP) is 3.24. The number of benzene rings is 2. The van der Waals surface area contributed by atoms with Crippen molar-refractivity contribution in [3.8, 4) is 5.75 Å². The zero-order valence-corrected chi connectivity index (χ0v) is 18.3. The van der Waals surface area contributed by atoms with E-state index in [9.17, 15) is 4.79 Å². The molecule has 0 spiro atoms. The fraction of sp³-hybridized carbons (Fsp3) is 0.480. The molecule has 2 aromatic carbocycles. The van der Waals surface area contributed by atoms with E-state index < -0.39 is 0 Å². The first-order valence-corrected chi connectivity index (χ1v) is 11.2. The van der Waals surface area contributed by atoms with Crippen molar-refractivity contribution < 1.29 is 14.3 Å². The summed E-state index contributed by atoms with van der Waals surface area (Å²) in [4.78, 5) is 15.2. The number of carbonyl (C=O) groups excluding carboxylic acids is 1. The van der Waals surface area contributed by atoms with Crippen LogP contribution in [-0.2, 0) is 4.74 Å². The van der Waals surface area contributed by atoms with Gasteiger partial charge in [-0.15, -0.1) is 0 Å². The molecule has 1 saturated carbocycles. The minimum absolute atomic E-state index is 0.140. The van der Waals surface area contributed by atoms with Crippen LogP contribution in [0.4, 0.5) is 5.69 Å². The molecule has 164 valence electrons. The highest BCUT2D eigenvalue weighted by Crippen LogP contribution is 2.58. The summed E-state index contributed by atoms with van der Waals surface area (Å²) in [6, 6.07) is 14.8. The Kier molecular flexibility index (Phi) is 5.59. The van der Waals surface area contributed by atoms with Crippen LogP contribution in [0, 0.1) is 18.8 Å². The van der Waals surface area contributed by atoms with Crippen molar-refractivity contribution in [2.45, 2.75) is 25.3 Å². The Morgan fingerprint density at radius 1 is 1.16 bits per heavy atom. The first-order valence-electron chi connectivity index (χ1n) is 11.2. The topological polar surface area (TPSA) is 62.8 Å². The smallest absolute Gasteiger partial charge is 0.253 e. The van der Waals surface area contributed by atoms with Crippen LogP contribution in [0.2, 0.25) is 0 Å². The van der Waals surface area contributed by atoms with E-state index in [1.54, 1.807) is 7.11 Å². The van der Waals surface area contributed by atoms with Gasteiger partial charge in [-0.05, 0) is 66.5 Å². The highest BCUT2D eigenvalue weighted by Gasteiger charge is 2.57. The summed E-state index contributed by atoms with van der Waals surface area (Å²) in [5, 5.41) is 6.89. The molecular formula is C25H31N3O3. The second kappa shape index (κ2) is 8.52. The van der Waals surface area contributed by atoms with Crippen molar-refractivity contribution in [2.24, 2.45) is 11.8 Å². The molecule has 6 heteroatoms. The number of aryl methyl sites for hydroxylation is 1. The molecule has 2 aromatic rings. The average Bonchev–Trinajstić information content (AvgIpc) is 3.16. The highest BCUT2D eigenvalue weighted by molar-refractivity contribution is 5.95. The average molecular weight is 422 g/mol. The van der Waals surface area contributed by atoms with Gasteiger partial charge >= 0.3 is 0 Å². The number of rotatable bonds is 7. The van der Waals surface area contributed by atoms with Crippen molar-refractivity contribution >= 4 is 11.6 Å². The van der Waals surface area contributed by atoms with Crippen LogP contribution in [-0.4, -0.2) is 56.9 Å². The number of amides is 1. The quantitative estimate of drug-likeness (QED) is 0.672. The Balaban J connectivity index is 1.17. The first-order chi connectivity index (χ1) is 15.1. The molecule has 5 rings (SSSR count). The third-order valence-electron chi connectivity index (χ3n) is 7.07. The van der Waals surface area contributed by atoms with Crippen LogP contribution < -0.4 is 15.4 Å². The lowest BCUT2D eigenvalue weighted by molar-refractivity contribution is 0.0773. The van der Waals surface area contributed by atoms with Crippen LogP contribution in [0.5, 0.6) is 5.75 Å². The van der Waals surface area contributed by atoms with Gasteiger partial charge in [0.2, 0.25) is 0 Å². The molecule has 1 amide bonds. The number of methoxy groups -OCH3 is 1. The lowest BCUT2D eigenvalue weighted by atomic mass is 10.1. The Hall–Kier alpha value is -2.57. The predicted molar refractivity (Wildman–Crippen MR) is 121 cm³/mol. The Bertz CT molecular complexity index is 928. The number of hydrogen-bond donors (Lipinski definition) is 2. The van der Waals surface area contributed by atoms with Crippen molar-refractivity contribution in [2.75, 3.05) is 45.4 Å². The molecule has 2 N–H and O–H groups in total. The van der Waals surface area contributed by atoms with E-state index in [0.717, 1.165) is 55.3 Å². The van der Waals surface area contributed by atoms with Gasteiger partial charge in [0.05, 0.1) is 20.4 Å². The Labute approximate surface area is 183 Å². The summed E-state index contributed by atoms with van der Waals surface area (Å²) in [7, 11) is 1.69. The summed E-state index contributed by atoms with van der Waals surface area (Å²) in [6.45, 7) is 6.04. The normalized spacial score (nSPS) is 26.6. The van der Waals surface area contributed by atoms with Crippen LogP contribution in [0.3, 0.4) is 0 Å². The fourth-order valence-electron chi connectivity index (χ4n) is 5.13. The summed E-state index contributed by atoms with van der Waals surface area (Å²) in [6.07, 6.45) is 1.05. The van der Waals surface area contributed by atoms with Gasteiger partial charge in [-0.25, -0.2) is 0 Å². The van der Waals surface area contributed by atoms with E-state index in [0.29, 0.717) is 30.5 Å². The third-order valence-corrected chi connectivity index (χ3v) is 7.07. The number of ether oxygens (including phenoxy) is 2. The van der Waals surface area contributed by atoms with Gasteiger partial charge in [-0.2, -0.15) is 0 Å². The Morgan fingerprint density at radius 2 is 1.94 bits per heavy atom. The lowest BCUT2D eigenvalue weighted by Crippen LogP contribution is -2.34. The second-order valence-electron chi connectivity index (χ2n) is 8.98. The molecule has 0 bridgehead atoms. The number of carbonyl (C=O) groups is 1. The van der Waals surface area contributed by atoms with Gasteiger partial charge < -0.3 is 19.7 Å². The molecule has 4 atom stereocenters. The summed E-state index contributed by atoms with van der Waals surface area (Å²) in [5.74, 6) is 2.77. The highest BCUT2D eigenvalue weighted by atomic mass is 16.5. The molecule has 1 unspecified atom stereocenters. The minimum Gasteiger partial charge on any atom is -0.497 e. The number of nitrogens with one attached hydrogen (secondary N) is 2. The summed E-state index contributed by atoms with van der Waals surface area (Å²) in [5.41, 5.74) is 4.28. The first kappa shape index (κ1) is 20.3. The van der Waals surface area contributed by atoms with E-state index in [4.69, 9.17) is 9.47 Å². The molecule has 3 aliphatic rings. The molecule has 0 radical (unpaired) electrons. The maximum atomic E-state index is 13.1. The number of likely N-dealkylation sites (tertiary alicyclic amines) is 1. The van der Waals surface area contributed by atoms with E-state index in [-0.39, 0.29) is 5.91 Å². The van der Waals surface area contributed by atoms with Gasteiger partial charge in [0.1, 0.15) is 5.75 Å². The van der Waals surface area contributed by atoms with Gasteiger partial charge in [-0.3, -0.25) is 10.1 Å². The van der Waals surface area contributed by atoms with E-state index in [1.807, 2.05) is 35.2 Å². The Morgan fingerprint density at radius 3 is 2.61 bits per heavy atom. The molecule has 2 saturated heterocycles. The largest absolute Gasteiger partial charge is 0.497 e. The van der Waals surface area contributed by atoms with Crippen molar-refractivity contribution in [1.82, 2.24) is 10.2 Å². The number of piperidine rings is 1. The lowest BCUT2D eigenvalue weighted by Gasteiger charge is -2.21. The van der Waals surface area contributed by atoms with Crippen LogP contribution in [0.15, 0.2) is 42.5 Å². The molecule has 6 nitrogen and oxygen atoms in total. The van der Waals surface area contributed by atoms with Crippen molar-refractivity contribution in [3.05, 3.63) is 59.2 Å². The van der Waals surface area contributed by atoms with Crippen LogP contribution in [0.1, 0.15) is 33.8 Å². The van der Waals surface area contributed by atoms with Crippen LogP contribution >= 0.6 is 0 Å². The van der Waals surface area contributed by atoms with Crippen molar-refractivity contribution in [3.63, 3.8) is 0 Å². The number of hydrogen-bond acceptors (Lipinski definition) is 5. The van der Waals surface area contributed by atoms with E-state index in [2.05, 4.69) is 29.7 Å². The van der Waals surface area contributed by atoms with Gasteiger partial charge in [0, 0.05) is 37.0 Å². The molecule has 2 aliphatic heterocycles. The fourth-order valence-corrected chi connectivity index (χ4v) is 5.13.